The van der Waals surface area contributed by atoms with Gasteiger partial charge in [0.1, 0.15) is 0 Å². The number of allylic oxidation sites excluding steroid dienone is 4. The van der Waals surface area contributed by atoms with Crippen molar-refractivity contribution in [3.05, 3.63) is 95.6 Å². The first-order chi connectivity index (χ1) is 18.4. The lowest BCUT2D eigenvalue weighted by atomic mass is 10.0. The van der Waals surface area contributed by atoms with Gasteiger partial charge in [-0.3, -0.25) is 0 Å². The van der Waals surface area contributed by atoms with Crippen LogP contribution in [0.1, 0.15) is 27.7 Å². The molecule has 0 amide bonds. The monoisotopic (exact) mass is 596 g/mol. The Morgan fingerprint density at radius 2 is 0.725 bits per heavy atom. The number of rotatable bonds is 7. The summed E-state index contributed by atoms with van der Waals surface area (Å²) in [4.78, 5) is 0. The fourth-order valence-electron chi connectivity index (χ4n) is 7.39. The Morgan fingerprint density at radius 1 is 0.450 bits per heavy atom. The molecule has 0 N–H and O–H groups in total. The minimum Gasteiger partial charge on any atom is -0.0730 e. The number of hydrogen-bond acceptors (Lipinski definition) is 0. The van der Waals surface area contributed by atoms with Crippen molar-refractivity contribution in [2.45, 2.75) is 91.7 Å². The Labute approximate surface area is 249 Å². The second kappa shape index (κ2) is 10.4. The highest BCUT2D eigenvalue weighted by Gasteiger charge is 2.59. The molecule has 3 aromatic carbocycles. The largest absolute Gasteiger partial charge is 0.161 e. The van der Waals surface area contributed by atoms with Gasteiger partial charge in [-0.1, -0.05) is 171 Å². The molecule has 0 aliphatic heterocycles. The summed E-state index contributed by atoms with van der Waals surface area (Å²) in [5.74, 6) is 0. The molecule has 0 heterocycles. The summed E-state index contributed by atoms with van der Waals surface area (Å²) < 4.78 is 0. The van der Waals surface area contributed by atoms with E-state index in [0.717, 1.165) is 0 Å². The third kappa shape index (κ3) is 4.89. The molecule has 0 saturated carbocycles. The van der Waals surface area contributed by atoms with E-state index in [1.165, 1.54) is 11.1 Å². The van der Waals surface area contributed by atoms with E-state index in [4.69, 9.17) is 0 Å². The number of benzene rings is 3. The molecule has 0 radical (unpaired) electrons. The van der Waals surface area contributed by atoms with Crippen molar-refractivity contribution in [1.82, 2.24) is 0 Å². The van der Waals surface area contributed by atoms with E-state index in [2.05, 4.69) is 165 Å². The zero-order chi connectivity index (χ0) is 29.9. The van der Waals surface area contributed by atoms with Crippen molar-refractivity contribution in [2.75, 3.05) is 0 Å². The van der Waals surface area contributed by atoms with Crippen LogP contribution in [-0.4, -0.2) is 32.3 Å². The van der Waals surface area contributed by atoms with Crippen molar-refractivity contribution in [3.63, 3.8) is 0 Å². The molecule has 0 saturated heterocycles. The zero-order valence-corrected chi connectivity index (χ0v) is 31.5. The van der Waals surface area contributed by atoms with Gasteiger partial charge in [-0.05, 0) is 41.9 Å². The van der Waals surface area contributed by atoms with Crippen LogP contribution in [0.5, 0.6) is 0 Å². The fraction of sp³-hybridized carbons (Fsp3) is 0.389. The zero-order valence-electron chi connectivity index (χ0n) is 27.5. The first-order valence-electron chi connectivity index (χ1n) is 15.1. The van der Waals surface area contributed by atoms with Gasteiger partial charge in [0.2, 0.25) is 0 Å². The molecule has 4 heteroatoms. The van der Waals surface area contributed by atoms with Crippen LogP contribution in [0.3, 0.4) is 0 Å². The highest BCUT2D eigenvalue weighted by atomic mass is 28.3. The molecule has 1 atom stereocenters. The van der Waals surface area contributed by atoms with Crippen molar-refractivity contribution in [1.29, 1.82) is 0 Å². The third-order valence-corrected chi connectivity index (χ3v) is 22.3. The molecule has 1 unspecified atom stereocenters. The summed E-state index contributed by atoms with van der Waals surface area (Å²) in [6.45, 7) is 32.7. The van der Waals surface area contributed by atoms with Crippen LogP contribution in [0.15, 0.2) is 95.6 Å². The van der Waals surface area contributed by atoms with Gasteiger partial charge in [-0.2, -0.15) is 0 Å². The van der Waals surface area contributed by atoms with E-state index < -0.39 is 32.3 Å². The Kier molecular flexibility index (Phi) is 8.03. The van der Waals surface area contributed by atoms with Crippen LogP contribution in [0.25, 0.3) is 0 Å². The average molecular weight is 597 g/mol. The normalized spacial score (nSPS) is 18.8. The number of hydrogen-bond donors (Lipinski definition) is 0. The molecule has 40 heavy (non-hydrogen) atoms. The second-order valence-electron chi connectivity index (χ2n) is 15.4. The standard InChI is InChI=1S/C36H52Si4/c1-27-26-36(4,29(3)28(27)2)40(33-23-17-14-20-30(33)37(5,6)7,34-24-18-15-21-31(34)38(8,9)10)35-25-19-16-22-32(35)39(11,12)13/h14-26H,1-13H3. The molecule has 0 spiro atoms. The smallest absolute Gasteiger partial charge is 0.0730 e. The van der Waals surface area contributed by atoms with Gasteiger partial charge in [-0.15, -0.1) is 0 Å². The van der Waals surface area contributed by atoms with Gasteiger partial charge in [0.15, 0.2) is 8.07 Å². The molecule has 1 aliphatic carbocycles. The van der Waals surface area contributed by atoms with Crippen molar-refractivity contribution in [2.24, 2.45) is 0 Å². The molecule has 212 valence electrons. The molecule has 0 fully saturated rings. The van der Waals surface area contributed by atoms with E-state index in [0.29, 0.717) is 0 Å². The fourth-order valence-corrected chi connectivity index (χ4v) is 23.1. The maximum Gasteiger partial charge on any atom is 0.161 e. The van der Waals surface area contributed by atoms with Crippen LogP contribution in [-0.2, 0) is 0 Å². The summed E-state index contributed by atoms with van der Waals surface area (Å²) in [5, 5.41) is 9.82. The molecule has 0 bridgehead atoms. The third-order valence-electron chi connectivity index (χ3n) is 9.63. The minimum absolute atomic E-state index is 0.0809. The molecule has 0 aromatic heterocycles. The van der Waals surface area contributed by atoms with E-state index in [-0.39, 0.29) is 5.04 Å². The first kappa shape index (κ1) is 31.0. The van der Waals surface area contributed by atoms with Crippen LogP contribution in [0, 0.1) is 0 Å². The molecule has 4 rings (SSSR count). The predicted molar refractivity (Wildman–Crippen MR) is 193 cm³/mol. The highest BCUT2D eigenvalue weighted by Crippen LogP contribution is 2.52. The summed E-state index contributed by atoms with van der Waals surface area (Å²) in [5.41, 5.74) is 4.51. The van der Waals surface area contributed by atoms with Gasteiger partial charge in [0, 0.05) is 5.04 Å². The summed E-state index contributed by atoms with van der Waals surface area (Å²) in [6, 6.07) is 29.1. The Balaban J connectivity index is 2.44. The quantitative estimate of drug-likeness (QED) is 0.207. The van der Waals surface area contributed by atoms with Gasteiger partial charge in [-0.25, -0.2) is 0 Å². The Morgan fingerprint density at radius 3 is 0.950 bits per heavy atom. The van der Waals surface area contributed by atoms with Gasteiger partial charge >= 0.3 is 0 Å². The van der Waals surface area contributed by atoms with E-state index in [1.807, 2.05) is 0 Å². The lowest BCUT2D eigenvalue weighted by Gasteiger charge is -2.51. The van der Waals surface area contributed by atoms with E-state index in [9.17, 15) is 0 Å². The predicted octanol–water partition coefficient (Wildman–Crippen LogP) is 6.85. The average Bonchev–Trinajstić information content (AvgIpc) is 3.06. The van der Waals surface area contributed by atoms with Crippen molar-refractivity contribution in [3.8, 4) is 0 Å². The summed E-state index contributed by atoms with van der Waals surface area (Å²) in [7, 11) is -7.85. The van der Waals surface area contributed by atoms with E-state index >= 15 is 0 Å². The van der Waals surface area contributed by atoms with Gasteiger partial charge in [0.25, 0.3) is 0 Å². The van der Waals surface area contributed by atoms with Crippen LogP contribution < -0.4 is 31.1 Å². The van der Waals surface area contributed by atoms with Gasteiger partial charge < -0.3 is 0 Å². The molecule has 3 aromatic rings. The summed E-state index contributed by atoms with van der Waals surface area (Å²) in [6.07, 6.45) is 2.70. The van der Waals surface area contributed by atoms with Crippen LogP contribution in [0.4, 0.5) is 0 Å². The Bertz CT molecular complexity index is 1350. The van der Waals surface area contributed by atoms with Crippen molar-refractivity contribution >= 4 is 63.4 Å². The second-order valence-corrected chi connectivity index (χ2v) is 34.7. The topological polar surface area (TPSA) is 0 Å². The minimum atomic E-state index is -2.75. The molecular weight excluding hydrogens is 545 g/mol. The lowest BCUT2D eigenvalue weighted by Crippen LogP contribution is -2.83. The van der Waals surface area contributed by atoms with Gasteiger partial charge in [0.05, 0.1) is 24.2 Å². The van der Waals surface area contributed by atoms with Crippen LogP contribution in [0.2, 0.25) is 64.0 Å². The first-order valence-corrected chi connectivity index (χ1v) is 27.6. The lowest BCUT2D eigenvalue weighted by molar-refractivity contribution is 0.871. The van der Waals surface area contributed by atoms with Crippen LogP contribution >= 0.6 is 0 Å². The highest BCUT2D eigenvalue weighted by molar-refractivity contribution is 7.20. The Hall–Kier alpha value is -1.99. The van der Waals surface area contributed by atoms with E-state index in [1.54, 1.807) is 36.7 Å². The SMILES string of the molecule is CC1=CC(C)([Si](c2ccccc2[Si](C)(C)C)(c2ccccc2[Si](C)(C)C)c2ccccc2[Si](C)(C)C)C(C)=C1C. The molecule has 0 nitrogen and oxygen atoms in total. The maximum atomic E-state index is 2.70. The molecular formula is C36H52Si4. The molecule has 1 aliphatic rings. The van der Waals surface area contributed by atoms with Crippen molar-refractivity contribution < 1.29 is 0 Å². The maximum absolute atomic E-state index is 2.75. The summed E-state index contributed by atoms with van der Waals surface area (Å²) >= 11 is 0.